The van der Waals surface area contributed by atoms with Gasteiger partial charge in [-0.2, -0.15) is 0 Å². The molecule has 0 bridgehead atoms. The van der Waals surface area contributed by atoms with E-state index in [1.54, 1.807) is 5.38 Å². The number of anilines is 1. The molecule has 11 heteroatoms. The second-order valence-electron chi connectivity index (χ2n) is 2.99. The Morgan fingerprint density at radius 2 is 2.05 bits per heavy atom. The van der Waals surface area contributed by atoms with Crippen LogP contribution in [0.25, 0.3) is 0 Å². The van der Waals surface area contributed by atoms with Gasteiger partial charge in [0.25, 0.3) is 0 Å². The first-order valence-electron chi connectivity index (χ1n) is 4.39. The van der Waals surface area contributed by atoms with Gasteiger partial charge in [0.05, 0.1) is 12.1 Å². The highest BCUT2D eigenvalue weighted by molar-refractivity contribution is 7.13. The van der Waals surface area contributed by atoms with E-state index in [2.05, 4.69) is 15.0 Å². The highest BCUT2D eigenvalue weighted by atomic mass is 35.6. The van der Waals surface area contributed by atoms with E-state index in [4.69, 9.17) is 46.4 Å². The number of rotatable bonds is 4. The molecule has 0 radical (unpaired) electrons. The smallest absolute Gasteiger partial charge is 0.413 e. The Balaban J connectivity index is 0.00000324. The van der Waals surface area contributed by atoms with E-state index in [0.29, 0.717) is 5.69 Å². The van der Waals surface area contributed by atoms with E-state index < -0.39 is 15.1 Å². The van der Waals surface area contributed by atoms with Crippen LogP contribution in [0.3, 0.4) is 0 Å². The van der Waals surface area contributed by atoms with Gasteiger partial charge in [-0.15, -0.1) is 23.7 Å². The molecule has 0 fully saturated rings. The van der Waals surface area contributed by atoms with Crippen molar-refractivity contribution in [3.8, 4) is 0 Å². The van der Waals surface area contributed by atoms with Crippen molar-refractivity contribution in [2.45, 2.75) is 10.2 Å². The normalized spacial score (nSPS) is 10.5. The molecule has 0 aliphatic heterocycles. The predicted octanol–water partition coefficient (Wildman–Crippen LogP) is 3.79. The monoisotopic (exact) mass is 386 g/mol. The van der Waals surface area contributed by atoms with Crippen LogP contribution in [0.15, 0.2) is 5.38 Å². The maximum atomic E-state index is 11.3. The van der Waals surface area contributed by atoms with Crippen LogP contribution in [0.5, 0.6) is 0 Å². The molecule has 0 unspecified atom stereocenters. The predicted molar refractivity (Wildman–Crippen MR) is 79.2 cm³/mol. The van der Waals surface area contributed by atoms with Gasteiger partial charge in [-0.1, -0.05) is 34.8 Å². The molecular weight excluding hydrogens is 381 g/mol. The Morgan fingerprint density at radius 1 is 1.42 bits per heavy atom. The van der Waals surface area contributed by atoms with Gasteiger partial charge in [-0.3, -0.25) is 10.1 Å². The molecule has 0 saturated carbocycles. The average molecular weight is 388 g/mol. The molecule has 5 nitrogen and oxygen atoms in total. The van der Waals surface area contributed by atoms with Crippen molar-refractivity contribution in [3.63, 3.8) is 0 Å². The molecule has 1 aromatic rings. The molecular formula is C8H7Cl5N2O3S. The summed E-state index contributed by atoms with van der Waals surface area (Å²) in [6, 6.07) is 0. The average Bonchev–Trinajstić information content (AvgIpc) is 2.60. The van der Waals surface area contributed by atoms with Crippen LogP contribution in [-0.4, -0.2) is 26.7 Å². The van der Waals surface area contributed by atoms with Crippen molar-refractivity contribution in [2.75, 3.05) is 11.9 Å². The lowest BCUT2D eigenvalue weighted by atomic mass is 10.4. The van der Waals surface area contributed by atoms with Gasteiger partial charge in [0, 0.05) is 5.38 Å². The molecule has 19 heavy (non-hydrogen) atoms. The molecule has 108 valence electrons. The number of thiazole rings is 1. The number of aromatic nitrogens is 1. The molecule has 0 aliphatic carbocycles. The first-order chi connectivity index (χ1) is 8.26. The van der Waals surface area contributed by atoms with E-state index in [9.17, 15) is 9.59 Å². The Labute approximate surface area is 138 Å². The van der Waals surface area contributed by atoms with Crippen molar-refractivity contribution in [1.82, 2.24) is 4.98 Å². The highest BCUT2D eigenvalue weighted by Crippen LogP contribution is 2.26. The second-order valence-corrected chi connectivity index (χ2v) is 6.79. The van der Waals surface area contributed by atoms with Gasteiger partial charge in [0.2, 0.25) is 9.03 Å². The molecule has 0 atom stereocenters. The number of carbonyl (C=O) groups is 2. The third kappa shape index (κ3) is 8.73. The number of amides is 1. The zero-order valence-corrected chi connectivity index (χ0v) is 13.6. The van der Waals surface area contributed by atoms with Crippen molar-refractivity contribution in [1.29, 1.82) is 0 Å². The summed E-state index contributed by atoms with van der Waals surface area (Å²) in [4.78, 5) is 25.8. The lowest BCUT2D eigenvalue weighted by Gasteiger charge is -2.10. The molecule has 0 saturated heterocycles. The zero-order valence-electron chi connectivity index (χ0n) is 8.99. The Hall–Kier alpha value is 0.0200. The van der Waals surface area contributed by atoms with Gasteiger partial charge in [0.1, 0.15) is 6.61 Å². The molecule has 1 amide bonds. The SMILES string of the molecule is Cl.O=C(Cl)Cc1csc(NC(=O)OCC(Cl)(Cl)Cl)n1. The lowest BCUT2D eigenvalue weighted by molar-refractivity contribution is -0.111. The summed E-state index contributed by atoms with van der Waals surface area (Å²) in [6.45, 7) is -0.387. The van der Waals surface area contributed by atoms with Crippen LogP contribution < -0.4 is 5.32 Å². The number of nitrogens with zero attached hydrogens (tertiary/aromatic N) is 1. The summed E-state index contributed by atoms with van der Waals surface area (Å²) >= 11 is 22.5. The fourth-order valence-corrected chi connectivity index (χ4v) is 1.86. The number of hydrogen-bond acceptors (Lipinski definition) is 5. The van der Waals surface area contributed by atoms with Crippen molar-refractivity contribution in [2.24, 2.45) is 0 Å². The van der Waals surface area contributed by atoms with E-state index in [0.717, 1.165) is 11.3 Å². The summed E-state index contributed by atoms with van der Waals surface area (Å²) in [7, 11) is 0. The molecule has 1 rings (SSSR count). The van der Waals surface area contributed by atoms with E-state index in [1.807, 2.05) is 0 Å². The van der Waals surface area contributed by atoms with Crippen molar-refractivity contribution >= 4 is 86.6 Å². The molecule has 1 heterocycles. The van der Waals surface area contributed by atoms with Crippen molar-refractivity contribution < 1.29 is 14.3 Å². The fourth-order valence-electron chi connectivity index (χ4n) is 0.859. The van der Waals surface area contributed by atoms with E-state index in [1.165, 1.54) is 0 Å². The zero-order chi connectivity index (χ0) is 13.8. The second kappa shape index (κ2) is 8.34. The van der Waals surface area contributed by atoms with Gasteiger partial charge in [-0.05, 0) is 11.6 Å². The Morgan fingerprint density at radius 3 is 2.58 bits per heavy atom. The largest absolute Gasteiger partial charge is 0.445 e. The summed E-state index contributed by atoms with van der Waals surface area (Å²) < 4.78 is 2.96. The number of carbonyl (C=O) groups excluding carboxylic acids is 2. The van der Waals surface area contributed by atoms with Crippen LogP contribution >= 0.6 is 70.1 Å². The number of nitrogens with one attached hydrogen (secondary N) is 1. The summed E-state index contributed by atoms with van der Waals surface area (Å²) in [6.07, 6.45) is -0.817. The van der Waals surface area contributed by atoms with Gasteiger partial charge >= 0.3 is 6.09 Å². The van der Waals surface area contributed by atoms with Crippen LogP contribution in [0.1, 0.15) is 5.69 Å². The van der Waals surface area contributed by atoms with Crippen LogP contribution in [-0.2, 0) is 16.0 Å². The molecule has 0 spiro atoms. The quantitative estimate of drug-likeness (QED) is 0.629. The number of halogens is 5. The maximum Gasteiger partial charge on any atom is 0.413 e. The lowest BCUT2D eigenvalue weighted by Crippen LogP contribution is -2.21. The standard InChI is InChI=1S/C8H6Cl4N2O3S.ClH/c9-5(15)1-4-2-18-6(13-4)14-7(16)17-3-8(10,11)12;/h2H,1,3H2,(H,13,14,16);1H. The first kappa shape index (κ1) is 19.0. The van der Waals surface area contributed by atoms with E-state index in [-0.39, 0.29) is 30.6 Å². The molecule has 1 N–H and O–H groups in total. The number of alkyl halides is 3. The van der Waals surface area contributed by atoms with Gasteiger partial charge < -0.3 is 4.74 Å². The van der Waals surface area contributed by atoms with Gasteiger partial charge in [0.15, 0.2) is 5.13 Å². The maximum absolute atomic E-state index is 11.3. The number of hydrogen-bond donors (Lipinski definition) is 1. The molecule has 1 aromatic heterocycles. The third-order valence-electron chi connectivity index (χ3n) is 1.45. The molecule has 0 aliphatic rings. The Kier molecular flexibility index (Phi) is 8.35. The summed E-state index contributed by atoms with van der Waals surface area (Å²) in [5, 5.41) is 3.64. The third-order valence-corrected chi connectivity index (χ3v) is 2.72. The van der Waals surface area contributed by atoms with Crippen LogP contribution in [0.4, 0.5) is 9.93 Å². The number of ether oxygens (including phenoxy) is 1. The summed E-state index contributed by atoms with van der Waals surface area (Å²) in [5.41, 5.74) is 0.455. The first-order valence-corrected chi connectivity index (χ1v) is 6.78. The Bertz CT molecular complexity index is 448. The minimum Gasteiger partial charge on any atom is -0.445 e. The molecule has 0 aromatic carbocycles. The fraction of sp³-hybridized carbons (Fsp3) is 0.375. The van der Waals surface area contributed by atoms with Crippen molar-refractivity contribution in [3.05, 3.63) is 11.1 Å². The minimum absolute atomic E-state index is 0. The van der Waals surface area contributed by atoms with Gasteiger partial charge in [-0.25, -0.2) is 9.78 Å². The van der Waals surface area contributed by atoms with E-state index >= 15 is 0 Å². The highest BCUT2D eigenvalue weighted by Gasteiger charge is 2.22. The minimum atomic E-state index is -1.67. The summed E-state index contributed by atoms with van der Waals surface area (Å²) in [5.74, 6) is 0. The topological polar surface area (TPSA) is 68.3 Å². The van der Waals surface area contributed by atoms with Crippen LogP contribution in [0, 0.1) is 0 Å². The van der Waals surface area contributed by atoms with Crippen LogP contribution in [0.2, 0.25) is 0 Å².